The summed E-state index contributed by atoms with van der Waals surface area (Å²) in [7, 11) is 3.18. The minimum Gasteiger partial charge on any atom is -0.493 e. The fraction of sp³-hybridized carbons (Fsp3) is 0.423. The number of benzene rings is 2. The van der Waals surface area contributed by atoms with Gasteiger partial charge in [-0.1, -0.05) is 19.3 Å². The molecule has 0 unspecified atom stereocenters. The number of urea groups is 1. The second-order valence-electron chi connectivity index (χ2n) is 8.84. The van der Waals surface area contributed by atoms with Crippen molar-refractivity contribution in [3.8, 4) is 23.1 Å². The third kappa shape index (κ3) is 4.44. The molecule has 3 aromatic rings. The van der Waals surface area contributed by atoms with Gasteiger partial charge in [-0.3, -0.25) is 4.90 Å². The lowest BCUT2D eigenvalue weighted by molar-refractivity contribution is 0.237. The van der Waals surface area contributed by atoms with E-state index in [2.05, 4.69) is 15.3 Å². The van der Waals surface area contributed by atoms with Gasteiger partial charge in [-0.2, -0.15) is 0 Å². The first kappa shape index (κ1) is 22.3. The molecule has 1 saturated carbocycles. The molecule has 1 aromatic heterocycles. The van der Waals surface area contributed by atoms with Crippen molar-refractivity contribution in [2.24, 2.45) is 0 Å². The molecule has 0 spiro atoms. The number of nitrogens with zero attached hydrogens (tertiary/aromatic N) is 3. The Hall–Kier alpha value is -3.55. The smallest absolute Gasteiger partial charge is 0.322 e. The van der Waals surface area contributed by atoms with Crippen molar-refractivity contribution in [1.29, 1.82) is 0 Å². The van der Waals surface area contributed by atoms with Crippen LogP contribution in [0.5, 0.6) is 23.1 Å². The van der Waals surface area contributed by atoms with E-state index in [0.717, 1.165) is 48.9 Å². The molecule has 0 radical (unpaired) electrons. The van der Waals surface area contributed by atoms with E-state index in [1.165, 1.54) is 25.6 Å². The van der Waals surface area contributed by atoms with Gasteiger partial charge in [-0.15, -0.1) is 0 Å². The third-order valence-corrected chi connectivity index (χ3v) is 6.67. The molecule has 34 heavy (non-hydrogen) atoms. The van der Waals surface area contributed by atoms with Crippen LogP contribution >= 0.6 is 0 Å². The van der Waals surface area contributed by atoms with Crippen LogP contribution in [0.25, 0.3) is 10.9 Å². The van der Waals surface area contributed by atoms with Crippen molar-refractivity contribution in [3.05, 3.63) is 42.2 Å². The van der Waals surface area contributed by atoms with E-state index in [4.69, 9.17) is 14.2 Å². The summed E-state index contributed by atoms with van der Waals surface area (Å²) in [6.07, 6.45) is 9.09. The number of ether oxygens (including phenoxy) is 3. The number of anilines is 1. The largest absolute Gasteiger partial charge is 0.493 e. The fourth-order valence-corrected chi connectivity index (χ4v) is 4.90. The first-order valence-corrected chi connectivity index (χ1v) is 11.9. The van der Waals surface area contributed by atoms with Crippen molar-refractivity contribution in [3.63, 3.8) is 0 Å². The van der Waals surface area contributed by atoms with E-state index in [-0.39, 0.29) is 13.5 Å². The van der Waals surface area contributed by atoms with Gasteiger partial charge in [0.15, 0.2) is 11.5 Å². The highest BCUT2D eigenvalue weighted by molar-refractivity contribution is 5.93. The van der Waals surface area contributed by atoms with Crippen molar-refractivity contribution < 1.29 is 20.4 Å². The average Bonchev–Trinajstić information content (AvgIpc) is 2.88. The Labute approximate surface area is 200 Å². The number of carbonyl (C=O) groups excluding carboxylic acids is 1. The van der Waals surface area contributed by atoms with Crippen LogP contribution in [0.4, 0.5) is 10.5 Å². The highest BCUT2D eigenvalue weighted by Crippen LogP contribution is 2.37. The van der Waals surface area contributed by atoms with E-state index >= 15 is 0 Å². The normalized spacial score (nSPS) is 16.1. The quantitative estimate of drug-likeness (QED) is 0.538. The van der Waals surface area contributed by atoms with Gasteiger partial charge in [-0.25, -0.2) is 14.8 Å². The molecule has 0 saturated heterocycles. The molecular formula is C26H32N4O4. The lowest BCUT2D eigenvalue weighted by atomic mass is 9.95. The highest BCUT2D eigenvalue weighted by atomic mass is 16.5. The first-order valence-electron chi connectivity index (χ1n) is 11.9. The van der Waals surface area contributed by atoms with E-state index in [1.54, 1.807) is 20.3 Å². The lowest BCUT2D eigenvalue weighted by Crippen LogP contribution is -2.47. The summed E-state index contributed by atoms with van der Waals surface area (Å²) in [5.74, 6) is 2.29. The standard InChI is InChI=1S/C26H30N4O4.H2/c1-32-23-14-20-21(15-24(23)33-2)27-16-28-25(20)34-19-10-11-22-17(13-19)7-6-12-30(22)26(31)29-18-8-4-3-5-9-18;/h10-11,13-16,18H,3-9,12H2,1-2H3,(H,29,31);1H. The SMILES string of the molecule is COc1cc2ncnc(Oc3ccc4c(c3)CCCN4C(=O)NC3CCCCC3)c2cc1OC.[HH]. The third-order valence-electron chi connectivity index (χ3n) is 6.67. The molecule has 1 N–H and O–H groups in total. The van der Waals surface area contributed by atoms with Gasteiger partial charge in [0.1, 0.15) is 12.1 Å². The molecule has 1 aliphatic carbocycles. The second-order valence-corrected chi connectivity index (χ2v) is 8.84. The summed E-state index contributed by atoms with van der Waals surface area (Å²) >= 11 is 0. The number of methoxy groups -OCH3 is 2. The first-order chi connectivity index (χ1) is 16.7. The van der Waals surface area contributed by atoms with Crippen molar-refractivity contribution in [2.45, 2.75) is 51.0 Å². The van der Waals surface area contributed by atoms with Crippen LogP contribution in [0.3, 0.4) is 0 Å². The maximum Gasteiger partial charge on any atom is 0.322 e. The summed E-state index contributed by atoms with van der Waals surface area (Å²) in [5.41, 5.74) is 2.75. The molecule has 2 heterocycles. The van der Waals surface area contributed by atoms with Gasteiger partial charge in [-0.05, 0) is 55.5 Å². The number of carbonyl (C=O) groups is 1. The van der Waals surface area contributed by atoms with Crippen LogP contribution in [0.2, 0.25) is 0 Å². The molecule has 0 bridgehead atoms. The van der Waals surface area contributed by atoms with E-state index in [0.29, 0.717) is 28.6 Å². The zero-order valence-corrected chi connectivity index (χ0v) is 19.7. The summed E-state index contributed by atoms with van der Waals surface area (Å²) in [5, 5.41) is 3.97. The van der Waals surface area contributed by atoms with Gasteiger partial charge in [0, 0.05) is 25.8 Å². The maximum absolute atomic E-state index is 13.0. The highest BCUT2D eigenvalue weighted by Gasteiger charge is 2.25. The van der Waals surface area contributed by atoms with Crippen molar-refractivity contribution in [2.75, 3.05) is 25.7 Å². The Morgan fingerprint density at radius 3 is 2.62 bits per heavy atom. The van der Waals surface area contributed by atoms with Crippen LogP contribution in [0.1, 0.15) is 45.5 Å². The van der Waals surface area contributed by atoms with E-state index in [1.807, 2.05) is 29.2 Å². The second kappa shape index (κ2) is 9.75. The summed E-state index contributed by atoms with van der Waals surface area (Å²) in [6, 6.07) is 9.78. The number of fused-ring (bicyclic) bond motifs is 2. The summed E-state index contributed by atoms with van der Waals surface area (Å²) in [6.45, 7) is 0.726. The number of hydrogen-bond acceptors (Lipinski definition) is 6. The Bertz CT molecular complexity index is 1200. The molecule has 5 rings (SSSR count). The van der Waals surface area contributed by atoms with Crippen LogP contribution < -0.4 is 24.4 Å². The van der Waals surface area contributed by atoms with Gasteiger partial charge < -0.3 is 19.5 Å². The number of amides is 2. The number of hydrogen-bond donors (Lipinski definition) is 1. The number of rotatable bonds is 5. The molecule has 2 amide bonds. The minimum absolute atomic E-state index is 0. The van der Waals surface area contributed by atoms with Gasteiger partial charge >= 0.3 is 6.03 Å². The van der Waals surface area contributed by atoms with Gasteiger partial charge in [0.2, 0.25) is 5.88 Å². The Kier molecular flexibility index (Phi) is 6.38. The Balaban J connectivity index is 0.00000289. The monoisotopic (exact) mass is 464 g/mol. The summed E-state index contributed by atoms with van der Waals surface area (Å²) < 4.78 is 17.0. The van der Waals surface area contributed by atoms with Crippen molar-refractivity contribution >= 4 is 22.6 Å². The zero-order valence-electron chi connectivity index (χ0n) is 19.7. The van der Waals surface area contributed by atoms with Gasteiger partial charge in [0.05, 0.1) is 25.1 Å². The van der Waals surface area contributed by atoms with E-state index in [9.17, 15) is 4.79 Å². The van der Waals surface area contributed by atoms with Crippen LogP contribution in [0.15, 0.2) is 36.7 Å². The topological polar surface area (TPSA) is 85.8 Å². The summed E-state index contributed by atoms with van der Waals surface area (Å²) in [4.78, 5) is 23.6. The zero-order chi connectivity index (χ0) is 23.5. The molecule has 8 nitrogen and oxygen atoms in total. The molecule has 8 heteroatoms. The number of aryl methyl sites for hydroxylation is 1. The Morgan fingerprint density at radius 2 is 1.82 bits per heavy atom. The molecule has 0 atom stereocenters. The van der Waals surface area contributed by atoms with Crippen molar-refractivity contribution in [1.82, 2.24) is 15.3 Å². The number of nitrogens with one attached hydrogen (secondary N) is 1. The molecular weight excluding hydrogens is 432 g/mol. The molecule has 1 aliphatic heterocycles. The molecule has 180 valence electrons. The predicted octanol–water partition coefficient (Wildman–Crippen LogP) is 5.48. The maximum atomic E-state index is 13.0. The predicted molar refractivity (Wildman–Crippen MR) is 132 cm³/mol. The van der Waals surface area contributed by atoms with Crippen LogP contribution in [0, 0.1) is 0 Å². The average molecular weight is 465 g/mol. The Morgan fingerprint density at radius 1 is 1.03 bits per heavy atom. The van der Waals surface area contributed by atoms with Crippen LogP contribution in [-0.2, 0) is 6.42 Å². The minimum atomic E-state index is 0. The molecule has 1 fully saturated rings. The van der Waals surface area contributed by atoms with Gasteiger partial charge in [0.25, 0.3) is 0 Å². The molecule has 2 aliphatic rings. The lowest BCUT2D eigenvalue weighted by Gasteiger charge is -2.32. The fourth-order valence-electron chi connectivity index (χ4n) is 4.90. The van der Waals surface area contributed by atoms with Crippen LogP contribution in [-0.4, -0.2) is 42.8 Å². The molecule has 2 aromatic carbocycles. The van der Waals surface area contributed by atoms with E-state index < -0.39 is 0 Å². The number of aromatic nitrogens is 2.